The first-order valence-corrected chi connectivity index (χ1v) is 12.3. The van der Waals surface area contributed by atoms with Gasteiger partial charge < -0.3 is 20.3 Å². The minimum absolute atomic E-state index is 0.0773. The van der Waals surface area contributed by atoms with Gasteiger partial charge in [0.05, 0.1) is 19.1 Å². The highest BCUT2D eigenvalue weighted by molar-refractivity contribution is 6.27. The Hall–Kier alpha value is -3.92. The van der Waals surface area contributed by atoms with Crippen LogP contribution in [0.25, 0.3) is 0 Å². The van der Waals surface area contributed by atoms with Gasteiger partial charge in [-0.25, -0.2) is 13.6 Å². The lowest BCUT2D eigenvalue weighted by Gasteiger charge is -2.39. The summed E-state index contributed by atoms with van der Waals surface area (Å²) in [5.74, 6) is -3.20. The summed E-state index contributed by atoms with van der Waals surface area (Å²) in [6, 6.07) is 11.6. The van der Waals surface area contributed by atoms with Crippen molar-refractivity contribution in [1.82, 2.24) is 20.4 Å². The van der Waals surface area contributed by atoms with Crippen molar-refractivity contribution in [1.29, 1.82) is 0 Å². The number of alkyl halides is 1. The van der Waals surface area contributed by atoms with Crippen molar-refractivity contribution in [3.05, 3.63) is 95.6 Å². The van der Waals surface area contributed by atoms with E-state index in [9.17, 15) is 23.2 Å². The third kappa shape index (κ3) is 7.32. The van der Waals surface area contributed by atoms with E-state index >= 15 is 0 Å². The molecule has 3 amide bonds. The van der Waals surface area contributed by atoms with Gasteiger partial charge in [-0.3, -0.25) is 14.5 Å². The largest absolute Gasteiger partial charge is 0.444 e. The molecule has 8 nitrogen and oxygen atoms in total. The first-order valence-electron chi connectivity index (χ1n) is 11.7. The molecule has 0 bridgehead atoms. The van der Waals surface area contributed by atoms with E-state index in [1.54, 1.807) is 51.1 Å². The molecule has 0 spiro atoms. The molecule has 1 heterocycles. The number of rotatable bonds is 8. The number of halogens is 3. The van der Waals surface area contributed by atoms with Crippen molar-refractivity contribution in [2.75, 3.05) is 12.4 Å². The normalized spacial score (nSPS) is 14.6. The smallest absolute Gasteiger partial charge is 0.408 e. The van der Waals surface area contributed by atoms with Gasteiger partial charge in [-0.1, -0.05) is 43.0 Å². The summed E-state index contributed by atoms with van der Waals surface area (Å²) in [6.45, 7) is 8.66. The number of amides is 3. The number of nitrogens with zero attached hydrogens (tertiary/aromatic N) is 2. The number of carbonyl (C=O) groups is 3. The monoisotopic (exact) mass is 546 g/mol. The molecule has 0 saturated heterocycles. The van der Waals surface area contributed by atoms with Gasteiger partial charge in [0.25, 0.3) is 5.91 Å². The Morgan fingerprint density at radius 2 is 1.71 bits per heavy atom. The number of hydrogen-bond donors (Lipinski definition) is 2. The van der Waals surface area contributed by atoms with Crippen LogP contribution in [0.3, 0.4) is 0 Å². The average molecular weight is 547 g/mol. The third-order valence-corrected chi connectivity index (χ3v) is 5.69. The SMILES string of the molecule is C=C1N(Cc2c(F)cccc2F)C=C(NC(=O)CCl)C(=O)N1C[C@H](NC(=O)OC(C)(C)C)c1ccccc1. The van der Waals surface area contributed by atoms with Gasteiger partial charge in [0, 0.05) is 11.8 Å². The molecule has 2 aromatic carbocycles. The number of nitrogens with one attached hydrogen (secondary N) is 2. The molecule has 38 heavy (non-hydrogen) atoms. The lowest BCUT2D eigenvalue weighted by atomic mass is 10.1. The fraction of sp³-hybridized carbons (Fsp3) is 0.296. The van der Waals surface area contributed by atoms with E-state index in [1.165, 1.54) is 22.1 Å². The zero-order valence-electron chi connectivity index (χ0n) is 21.3. The topological polar surface area (TPSA) is 91.0 Å². The molecule has 2 aromatic rings. The highest BCUT2D eigenvalue weighted by Gasteiger charge is 2.34. The molecular weight excluding hydrogens is 518 g/mol. The van der Waals surface area contributed by atoms with Crippen LogP contribution in [0.4, 0.5) is 13.6 Å². The van der Waals surface area contributed by atoms with Crippen LogP contribution < -0.4 is 10.6 Å². The lowest BCUT2D eigenvalue weighted by Crippen LogP contribution is -2.49. The standard InChI is InChI=1S/C27H29ClF2N4O4/c1-17-33(14-19-20(29)11-8-12-21(19)30)15-23(31-24(35)13-28)25(36)34(17)16-22(18-9-6-5-7-10-18)32-26(37)38-27(2,3)4/h5-12,15,22H,1,13-14,16H2,2-4H3,(H,31,35)(H,32,37)/t22-/m0/s1. The van der Waals surface area contributed by atoms with Crippen LogP contribution in [0.2, 0.25) is 0 Å². The quantitative estimate of drug-likeness (QED) is 0.474. The van der Waals surface area contributed by atoms with Crippen LogP contribution in [0.1, 0.15) is 37.9 Å². The number of alkyl carbamates (subject to hydrolysis) is 1. The summed E-state index contributed by atoms with van der Waals surface area (Å²) >= 11 is 5.61. The Morgan fingerprint density at radius 3 is 2.29 bits per heavy atom. The van der Waals surface area contributed by atoms with Crippen LogP contribution in [0, 0.1) is 11.6 Å². The molecule has 202 valence electrons. The highest BCUT2D eigenvalue weighted by Crippen LogP contribution is 2.27. The molecular formula is C27H29ClF2N4O4. The maximum absolute atomic E-state index is 14.4. The van der Waals surface area contributed by atoms with Crippen molar-refractivity contribution >= 4 is 29.5 Å². The van der Waals surface area contributed by atoms with Gasteiger partial charge in [-0.2, -0.15) is 0 Å². The molecule has 2 N–H and O–H groups in total. The molecule has 1 atom stereocenters. The summed E-state index contributed by atoms with van der Waals surface area (Å²) in [6.07, 6.45) is 0.536. The molecule has 1 aliphatic heterocycles. The van der Waals surface area contributed by atoms with Crippen LogP contribution >= 0.6 is 11.6 Å². The van der Waals surface area contributed by atoms with Crippen LogP contribution in [-0.2, 0) is 20.9 Å². The molecule has 0 unspecified atom stereocenters. The van der Waals surface area contributed by atoms with E-state index in [4.69, 9.17) is 16.3 Å². The van der Waals surface area contributed by atoms with Crippen LogP contribution in [0.5, 0.6) is 0 Å². The second kappa shape index (κ2) is 12.1. The van der Waals surface area contributed by atoms with Crippen molar-refractivity contribution in [2.45, 2.75) is 39.0 Å². The second-order valence-corrected chi connectivity index (χ2v) is 9.76. The summed E-state index contributed by atoms with van der Waals surface area (Å²) < 4.78 is 34.3. The van der Waals surface area contributed by atoms with Crippen molar-refractivity contribution in [3.63, 3.8) is 0 Å². The Balaban J connectivity index is 1.97. The Kier molecular flexibility index (Phi) is 9.11. The molecule has 11 heteroatoms. The average Bonchev–Trinajstić information content (AvgIpc) is 2.85. The summed E-state index contributed by atoms with van der Waals surface area (Å²) in [5, 5.41) is 5.18. The maximum atomic E-state index is 14.4. The van der Waals surface area contributed by atoms with Gasteiger partial charge in [-0.05, 0) is 38.5 Å². The molecule has 0 aliphatic carbocycles. The highest BCUT2D eigenvalue weighted by atomic mass is 35.5. The van der Waals surface area contributed by atoms with Gasteiger partial charge in [0.1, 0.15) is 34.6 Å². The number of hydrogen-bond acceptors (Lipinski definition) is 5. The third-order valence-electron chi connectivity index (χ3n) is 5.45. The van der Waals surface area contributed by atoms with E-state index in [2.05, 4.69) is 17.2 Å². The lowest BCUT2D eigenvalue weighted by molar-refractivity contribution is -0.130. The number of benzene rings is 2. The van der Waals surface area contributed by atoms with E-state index < -0.39 is 47.1 Å². The molecule has 3 rings (SSSR count). The van der Waals surface area contributed by atoms with Gasteiger partial charge in [0.15, 0.2) is 0 Å². The van der Waals surface area contributed by atoms with Crippen LogP contribution in [0.15, 0.2) is 72.8 Å². The van der Waals surface area contributed by atoms with E-state index in [-0.39, 0.29) is 30.2 Å². The zero-order valence-corrected chi connectivity index (χ0v) is 22.0. The predicted molar refractivity (Wildman–Crippen MR) is 138 cm³/mol. The fourth-order valence-electron chi connectivity index (χ4n) is 3.70. The molecule has 1 aliphatic rings. The molecule has 0 radical (unpaired) electrons. The van der Waals surface area contributed by atoms with Gasteiger partial charge in [0.2, 0.25) is 5.91 Å². The minimum atomic E-state index is -0.783. The summed E-state index contributed by atoms with van der Waals surface area (Å²) in [4.78, 5) is 40.6. The first kappa shape index (κ1) is 28.6. The minimum Gasteiger partial charge on any atom is -0.444 e. The fourth-order valence-corrected chi connectivity index (χ4v) is 3.77. The zero-order chi connectivity index (χ0) is 28.0. The Morgan fingerprint density at radius 1 is 1.08 bits per heavy atom. The number of carbonyl (C=O) groups excluding carboxylic acids is 3. The molecule has 0 saturated carbocycles. The summed E-state index contributed by atoms with van der Waals surface area (Å²) in [7, 11) is 0. The van der Waals surface area contributed by atoms with Crippen molar-refractivity contribution < 1.29 is 27.9 Å². The number of ether oxygens (including phenoxy) is 1. The van der Waals surface area contributed by atoms with Crippen LogP contribution in [-0.4, -0.2) is 45.7 Å². The molecule has 0 fully saturated rings. The maximum Gasteiger partial charge on any atom is 0.408 e. The first-order chi connectivity index (χ1) is 17.9. The van der Waals surface area contributed by atoms with E-state index in [0.29, 0.717) is 5.56 Å². The molecule has 0 aromatic heterocycles. The van der Waals surface area contributed by atoms with Crippen molar-refractivity contribution in [2.24, 2.45) is 0 Å². The Labute approximate surface area is 224 Å². The van der Waals surface area contributed by atoms with E-state index in [1.807, 2.05) is 0 Å². The van der Waals surface area contributed by atoms with Gasteiger partial charge in [-0.15, -0.1) is 11.6 Å². The van der Waals surface area contributed by atoms with Gasteiger partial charge >= 0.3 is 6.09 Å². The van der Waals surface area contributed by atoms with E-state index in [0.717, 1.165) is 12.1 Å². The second-order valence-electron chi connectivity index (χ2n) is 9.49. The summed E-state index contributed by atoms with van der Waals surface area (Å²) in [5.41, 5.74) is -0.540. The Bertz CT molecular complexity index is 1230. The van der Waals surface area contributed by atoms with Crippen molar-refractivity contribution in [3.8, 4) is 0 Å². The predicted octanol–water partition coefficient (Wildman–Crippen LogP) is 4.54.